The molecule has 0 aliphatic carbocycles. The van der Waals surface area contributed by atoms with Crippen LogP contribution in [0.15, 0.2) is 47.6 Å². The lowest BCUT2D eigenvalue weighted by Gasteiger charge is -2.24. The number of nitrogens with one attached hydrogen (secondary N) is 1. The molecule has 1 aliphatic heterocycles. The van der Waals surface area contributed by atoms with Crippen molar-refractivity contribution in [2.24, 2.45) is 5.10 Å². The highest BCUT2D eigenvalue weighted by Gasteiger charge is 2.26. The van der Waals surface area contributed by atoms with Crippen LogP contribution in [-0.2, 0) is 16.0 Å². The van der Waals surface area contributed by atoms with Crippen LogP contribution in [0.2, 0.25) is 0 Å². The minimum absolute atomic E-state index is 0.0968. The van der Waals surface area contributed by atoms with Crippen LogP contribution in [0.25, 0.3) is 0 Å². The summed E-state index contributed by atoms with van der Waals surface area (Å²) in [5.41, 5.74) is 5.02. The summed E-state index contributed by atoms with van der Waals surface area (Å²) in [6, 6.07) is 13.7. The second-order valence-electron chi connectivity index (χ2n) is 7.75. The van der Waals surface area contributed by atoms with Crippen LogP contribution in [-0.4, -0.2) is 43.1 Å². The summed E-state index contributed by atoms with van der Waals surface area (Å²) >= 11 is 0. The Bertz CT molecular complexity index is 932. The van der Waals surface area contributed by atoms with Crippen LogP contribution in [0.4, 0.5) is 11.4 Å². The summed E-state index contributed by atoms with van der Waals surface area (Å²) in [5.74, 6) is -0.366. The molecule has 0 bridgehead atoms. The normalized spacial score (nSPS) is 14.2. The average molecular weight is 393 g/mol. The Balaban J connectivity index is 1.73. The number of hydrogen-bond acceptors (Lipinski definition) is 4. The maximum Gasteiger partial charge on any atom is 0.271 e. The second kappa shape index (κ2) is 9.01. The predicted molar refractivity (Wildman–Crippen MR) is 117 cm³/mol. The number of rotatable bonds is 6. The molecule has 0 spiro atoms. The number of nitrogens with zero attached hydrogens (tertiary/aromatic N) is 3. The van der Waals surface area contributed by atoms with Crippen LogP contribution in [0.1, 0.15) is 29.5 Å². The molecule has 0 fully saturated rings. The Morgan fingerprint density at radius 1 is 1.10 bits per heavy atom. The fraction of sp³-hybridized carbons (Fsp3) is 0.348. The van der Waals surface area contributed by atoms with E-state index in [1.807, 2.05) is 70.4 Å². The van der Waals surface area contributed by atoms with E-state index in [1.165, 1.54) is 10.6 Å². The molecule has 2 aromatic rings. The van der Waals surface area contributed by atoms with Crippen LogP contribution >= 0.6 is 0 Å². The van der Waals surface area contributed by atoms with Crippen molar-refractivity contribution in [3.8, 4) is 0 Å². The standard InChI is InChI=1S/C23H28N4O2/c1-16-5-6-17(2)21(15-16)27-22(28)12-11-20(25-27)23(29)24-19-9-7-18(8-10-19)13-14-26(3)4/h5-10,15H,11-14H2,1-4H3,(H,24,29). The van der Waals surface area contributed by atoms with Crippen molar-refractivity contribution < 1.29 is 9.59 Å². The number of hydrazone groups is 1. The largest absolute Gasteiger partial charge is 0.321 e. The Kier molecular flexibility index (Phi) is 6.44. The van der Waals surface area contributed by atoms with Crippen LogP contribution in [0.5, 0.6) is 0 Å². The Hall–Kier alpha value is -2.99. The molecule has 3 rings (SSSR count). The molecule has 0 aromatic heterocycles. The monoisotopic (exact) mass is 392 g/mol. The highest BCUT2D eigenvalue weighted by molar-refractivity contribution is 6.44. The topological polar surface area (TPSA) is 65.0 Å². The van der Waals surface area contributed by atoms with Crippen LogP contribution in [0.3, 0.4) is 0 Å². The predicted octanol–water partition coefficient (Wildman–Crippen LogP) is 3.53. The molecule has 0 saturated heterocycles. The third kappa shape index (κ3) is 5.29. The van der Waals surface area contributed by atoms with Crippen LogP contribution < -0.4 is 10.3 Å². The summed E-state index contributed by atoms with van der Waals surface area (Å²) in [7, 11) is 4.09. The number of aryl methyl sites for hydroxylation is 2. The lowest BCUT2D eigenvalue weighted by atomic mass is 10.1. The number of amides is 2. The number of anilines is 2. The molecule has 0 unspecified atom stereocenters. The lowest BCUT2D eigenvalue weighted by Crippen LogP contribution is -2.36. The molecule has 0 atom stereocenters. The van der Waals surface area contributed by atoms with Gasteiger partial charge in [0.15, 0.2) is 0 Å². The minimum Gasteiger partial charge on any atom is -0.321 e. The summed E-state index contributed by atoms with van der Waals surface area (Å²) < 4.78 is 0. The smallest absolute Gasteiger partial charge is 0.271 e. The fourth-order valence-corrected chi connectivity index (χ4v) is 3.16. The van der Waals surface area contributed by atoms with Crippen molar-refractivity contribution in [2.45, 2.75) is 33.1 Å². The molecule has 1 aliphatic rings. The van der Waals surface area contributed by atoms with E-state index in [1.54, 1.807) is 0 Å². The van der Waals surface area contributed by atoms with Gasteiger partial charge in [-0.2, -0.15) is 5.10 Å². The van der Waals surface area contributed by atoms with Crippen molar-refractivity contribution in [3.63, 3.8) is 0 Å². The zero-order chi connectivity index (χ0) is 21.0. The molecule has 29 heavy (non-hydrogen) atoms. The van der Waals surface area contributed by atoms with E-state index < -0.39 is 0 Å². The molecule has 0 saturated carbocycles. The molecule has 6 heteroatoms. The highest BCUT2D eigenvalue weighted by Crippen LogP contribution is 2.25. The van der Waals surface area contributed by atoms with Gasteiger partial charge in [-0.3, -0.25) is 9.59 Å². The minimum atomic E-state index is -0.270. The first kappa shape index (κ1) is 20.7. The zero-order valence-electron chi connectivity index (χ0n) is 17.5. The summed E-state index contributed by atoms with van der Waals surface area (Å²) in [4.78, 5) is 27.3. The number of benzene rings is 2. The quantitative estimate of drug-likeness (QED) is 0.818. The van der Waals surface area contributed by atoms with Crippen LogP contribution in [0, 0.1) is 13.8 Å². The fourth-order valence-electron chi connectivity index (χ4n) is 3.16. The molecule has 1 N–H and O–H groups in total. The first-order valence-corrected chi connectivity index (χ1v) is 9.86. The lowest BCUT2D eigenvalue weighted by molar-refractivity contribution is -0.118. The number of carbonyl (C=O) groups is 2. The molecular formula is C23H28N4O2. The molecule has 1 heterocycles. The van der Waals surface area contributed by atoms with E-state index >= 15 is 0 Å². The SMILES string of the molecule is Cc1ccc(C)c(N2N=C(C(=O)Nc3ccc(CCN(C)C)cc3)CCC2=O)c1. The van der Waals surface area contributed by atoms with Gasteiger partial charge in [0, 0.05) is 25.1 Å². The summed E-state index contributed by atoms with van der Waals surface area (Å²) in [6.45, 7) is 4.88. The molecule has 0 radical (unpaired) electrons. The van der Waals surface area contributed by atoms with Crippen molar-refractivity contribution in [3.05, 3.63) is 59.2 Å². The van der Waals surface area contributed by atoms with Gasteiger partial charge in [-0.05, 0) is 69.3 Å². The van der Waals surface area contributed by atoms with Crippen molar-refractivity contribution in [2.75, 3.05) is 31.0 Å². The van der Waals surface area contributed by atoms with Gasteiger partial charge in [-0.25, -0.2) is 5.01 Å². The third-order valence-corrected chi connectivity index (χ3v) is 4.95. The first-order valence-electron chi connectivity index (χ1n) is 9.86. The van der Waals surface area contributed by atoms with E-state index in [9.17, 15) is 9.59 Å². The van der Waals surface area contributed by atoms with E-state index in [4.69, 9.17) is 0 Å². The number of likely N-dealkylation sites (N-methyl/N-ethyl adjacent to an activating group) is 1. The second-order valence-corrected chi connectivity index (χ2v) is 7.75. The van der Waals surface area contributed by atoms with Crippen molar-refractivity contribution in [1.82, 2.24) is 4.90 Å². The maximum absolute atomic E-state index is 12.7. The van der Waals surface area contributed by atoms with Gasteiger partial charge in [-0.15, -0.1) is 0 Å². The molecule has 152 valence electrons. The Morgan fingerprint density at radius 2 is 1.83 bits per heavy atom. The van der Waals surface area contributed by atoms with Crippen molar-refractivity contribution >= 4 is 28.9 Å². The van der Waals surface area contributed by atoms with Gasteiger partial charge in [0.1, 0.15) is 5.71 Å². The van der Waals surface area contributed by atoms with E-state index in [0.717, 1.165) is 35.5 Å². The molecule has 6 nitrogen and oxygen atoms in total. The summed E-state index contributed by atoms with van der Waals surface area (Å²) in [5, 5.41) is 8.65. The van der Waals surface area contributed by atoms with E-state index in [-0.39, 0.29) is 18.2 Å². The first-order chi connectivity index (χ1) is 13.8. The zero-order valence-corrected chi connectivity index (χ0v) is 17.5. The Labute approximate surface area is 172 Å². The van der Waals surface area contributed by atoms with Gasteiger partial charge in [0.05, 0.1) is 5.69 Å². The Morgan fingerprint density at radius 3 is 2.52 bits per heavy atom. The van der Waals surface area contributed by atoms with Gasteiger partial charge >= 0.3 is 0 Å². The van der Waals surface area contributed by atoms with Crippen molar-refractivity contribution in [1.29, 1.82) is 0 Å². The molecular weight excluding hydrogens is 364 g/mol. The summed E-state index contributed by atoms with van der Waals surface area (Å²) in [6.07, 6.45) is 1.57. The average Bonchev–Trinajstić information content (AvgIpc) is 2.69. The van der Waals surface area contributed by atoms with Gasteiger partial charge in [-0.1, -0.05) is 24.3 Å². The molecule has 2 amide bonds. The third-order valence-electron chi connectivity index (χ3n) is 4.95. The molecule has 2 aromatic carbocycles. The number of carbonyl (C=O) groups excluding carboxylic acids is 2. The van der Waals surface area contributed by atoms with Gasteiger partial charge in [0.25, 0.3) is 5.91 Å². The van der Waals surface area contributed by atoms with Gasteiger partial charge < -0.3 is 10.2 Å². The van der Waals surface area contributed by atoms with E-state index in [2.05, 4.69) is 15.3 Å². The van der Waals surface area contributed by atoms with E-state index in [0.29, 0.717) is 12.1 Å². The van der Waals surface area contributed by atoms with Gasteiger partial charge in [0.2, 0.25) is 5.91 Å². The maximum atomic E-state index is 12.7. The highest BCUT2D eigenvalue weighted by atomic mass is 16.2. The number of hydrogen-bond donors (Lipinski definition) is 1.